The van der Waals surface area contributed by atoms with E-state index >= 15 is 0 Å². The monoisotopic (exact) mass is 173 g/mol. The van der Waals surface area contributed by atoms with Crippen molar-refractivity contribution in [1.82, 2.24) is 0 Å². The van der Waals surface area contributed by atoms with E-state index < -0.39 is 10.8 Å². The zero-order chi connectivity index (χ0) is 9.95. The summed E-state index contributed by atoms with van der Waals surface area (Å²) in [6.45, 7) is 1.97. The molecule has 0 bridgehead atoms. The molecule has 0 heterocycles. The molecule has 1 unspecified atom stereocenters. The van der Waals surface area contributed by atoms with Crippen molar-refractivity contribution in [3.63, 3.8) is 0 Å². The normalized spacial score (nSPS) is 29.1. The fourth-order valence-electron chi connectivity index (χ4n) is 2.00. The third-order valence-corrected chi connectivity index (χ3v) is 3.02. The second-order valence-electron chi connectivity index (χ2n) is 3.57. The summed E-state index contributed by atoms with van der Waals surface area (Å²) in [6, 6.07) is 6.18. The van der Waals surface area contributed by atoms with Crippen LogP contribution in [0.4, 0.5) is 0 Å². The van der Waals surface area contributed by atoms with Gasteiger partial charge >= 0.3 is 0 Å². The highest BCUT2D eigenvalue weighted by Gasteiger charge is 2.60. The first-order valence-electron chi connectivity index (χ1n) is 4.44. The fraction of sp³-hybridized carbons (Fsp3) is 0.700. The van der Waals surface area contributed by atoms with Crippen molar-refractivity contribution in [1.29, 1.82) is 15.8 Å². The minimum absolute atomic E-state index is 0.549. The van der Waals surface area contributed by atoms with E-state index in [1.807, 2.05) is 19.1 Å². The van der Waals surface area contributed by atoms with Gasteiger partial charge in [-0.2, -0.15) is 15.8 Å². The van der Waals surface area contributed by atoms with Gasteiger partial charge in [0.15, 0.2) is 5.41 Å². The van der Waals surface area contributed by atoms with E-state index in [-0.39, 0.29) is 0 Å². The van der Waals surface area contributed by atoms with E-state index in [0.29, 0.717) is 19.3 Å². The molecule has 1 aliphatic rings. The van der Waals surface area contributed by atoms with Crippen molar-refractivity contribution >= 4 is 0 Å². The van der Waals surface area contributed by atoms with Crippen molar-refractivity contribution in [3.8, 4) is 18.2 Å². The highest BCUT2D eigenvalue weighted by atomic mass is 14.6. The highest BCUT2D eigenvalue weighted by Crippen LogP contribution is 2.58. The van der Waals surface area contributed by atoms with Gasteiger partial charge < -0.3 is 0 Å². The molecular weight excluding hydrogens is 162 g/mol. The van der Waals surface area contributed by atoms with Gasteiger partial charge in [0, 0.05) is 0 Å². The summed E-state index contributed by atoms with van der Waals surface area (Å²) < 4.78 is 0. The van der Waals surface area contributed by atoms with E-state index in [2.05, 4.69) is 6.07 Å². The Bertz CT molecular complexity index is 312. The van der Waals surface area contributed by atoms with Crippen LogP contribution < -0.4 is 0 Å². The van der Waals surface area contributed by atoms with Gasteiger partial charge in [0.05, 0.1) is 23.6 Å². The molecule has 0 aromatic rings. The van der Waals surface area contributed by atoms with E-state index in [1.54, 1.807) is 0 Å². The van der Waals surface area contributed by atoms with Crippen molar-refractivity contribution in [2.75, 3.05) is 0 Å². The van der Waals surface area contributed by atoms with Crippen LogP contribution in [-0.4, -0.2) is 0 Å². The number of rotatable bonds is 2. The predicted molar refractivity (Wildman–Crippen MR) is 45.8 cm³/mol. The predicted octanol–water partition coefficient (Wildman–Crippen LogP) is 2.12. The summed E-state index contributed by atoms with van der Waals surface area (Å²) in [5.74, 6) is 0. The molecule has 0 radical (unpaired) electrons. The Morgan fingerprint density at radius 2 is 1.69 bits per heavy atom. The fourth-order valence-corrected chi connectivity index (χ4v) is 2.00. The van der Waals surface area contributed by atoms with Crippen LogP contribution in [0.3, 0.4) is 0 Å². The lowest BCUT2D eigenvalue weighted by molar-refractivity contribution is 0.0640. The first kappa shape index (κ1) is 9.56. The molecule has 3 heteroatoms. The molecule has 0 amide bonds. The molecule has 0 aromatic heterocycles. The Morgan fingerprint density at radius 1 is 1.08 bits per heavy atom. The molecule has 1 aliphatic carbocycles. The molecule has 66 valence electrons. The lowest BCUT2D eigenvalue weighted by Crippen LogP contribution is -2.48. The molecule has 0 N–H and O–H groups in total. The maximum Gasteiger partial charge on any atom is 0.162 e. The van der Waals surface area contributed by atoms with Gasteiger partial charge in [0.2, 0.25) is 0 Å². The molecule has 0 aromatic carbocycles. The van der Waals surface area contributed by atoms with Crippen LogP contribution in [0.5, 0.6) is 0 Å². The summed E-state index contributed by atoms with van der Waals surface area (Å²) in [7, 11) is 0. The Labute approximate surface area is 78.2 Å². The van der Waals surface area contributed by atoms with Crippen molar-refractivity contribution in [3.05, 3.63) is 0 Å². The number of nitriles is 3. The summed E-state index contributed by atoms with van der Waals surface area (Å²) >= 11 is 0. The van der Waals surface area contributed by atoms with Crippen molar-refractivity contribution < 1.29 is 0 Å². The average Bonchev–Trinajstić information content (AvgIpc) is 2.15. The number of hydrogen-bond donors (Lipinski definition) is 0. The first-order valence-corrected chi connectivity index (χ1v) is 4.44. The van der Waals surface area contributed by atoms with Gasteiger partial charge in [-0.3, -0.25) is 0 Å². The Hall–Kier alpha value is -1.53. The SMILES string of the molecule is CCCC1(C#N)CCC1(C#N)C#N. The second kappa shape index (κ2) is 3.08. The summed E-state index contributed by atoms with van der Waals surface area (Å²) in [5.41, 5.74) is -1.72. The largest absolute Gasteiger partial charge is 0.198 e. The summed E-state index contributed by atoms with van der Waals surface area (Å²) in [4.78, 5) is 0. The second-order valence-corrected chi connectivity index (χ2v) is 3.57. The minimum atomic E-state index is -1.03. The third-order valence-electron chi connectivity index (χ3n) is 3.02. The number of hydrogen-bond acceptors (Lipinski definition) is 3. The number of nitrogens with zero attached hydrogens (tertiary/aromatic N) is 3. The third kappa shape index (κ3) is 0.995. The zero-order valence-electron chi connectivity index (χ0n) is 7.67. The van der Waals surface area contributed by atoms with Crippen LogP contribution in [0.2, 0.25) is 0 Å². The first-order chi connectivity index (χ1) is 6.20. The molecule has 13 heavy (non-hydrogen) atoms. The zero-order valence-corrected chi connectivity index (χ0v) is 7.67. The molecule has 0 saturated heterocycles. The van der Waals surface area contributed by atoms with Crippen LogP contribution in [-0.2, 0) is 0 Å². The Balaban J connectivity index is 3.01. The molecule has 0 aliphatic heterocycles. The van der Waals surface area contributed by atoms with Gasteiger partial charge in [-0.25, -0.2) is 0 Å². The van der Waals surface area contributed by atoms with Crippen LogP contribution >= 0.6 is 0 Å². The van der Waals surface area contributed by atoms with Crippen molar-refractivity contribution in [2.24, 2.45) is 10.8 Å². The van der Waals surface area contributed by atoms with Gasteiger partial charge in [-0.1, -0.05) is 13.3 Å². The van der Waals surface area contributed by atoms with Crippen LogP contribution in [0.25, 0.3) is 0 Å². The standard InChI is InChI=1S/C10H11N3/c1-2-3-9(6-11)4-5-10(9,7-12)8-13/h2-5H2,1H3. The Morgan fingerprint density at radius 3 is 1.92 bits per heavy atom. The summed E-state index contributed by atoms with van der Waals surface area (Å²) in [6.07, 6.45) is 2.75. The molecule has 1 fully saturated rings. The quantitative estimate of drug-likeness (QED) is 0.642. The van der Waals surface area contributed by atoms with Gasteiger partial charge in [0.25, 0.3) is 0 Å². The van der Waals surface area contributed by atoms with E-state index in [9.17, 15) is 0 Å². The van der Waals surface area contributed by atoms with Crippen LogP contribution in [0, 0.1) is 44.8 Å². The van der Waals surface area contributed by atoms with Gasteiger partial charge in [0.1, 0.15) is 0 Å². The van der Waals surface area contributed by atoms with Crippen LogP contribution in [0.1, 0.15) is 32.6 Å². The highest BCUT2D eigenvalue weighted by molar-refractivity contribution is 5.33. The van der Waals surface area contributed by atoms with Crippen LogP contribution in [0.15, 0.2) is 0 Å². The van der Waals surface area contributed by atoms with Gasteiger partial charge in [-0.15, -0.1) is 0 Å². The maximum atomic E-state index is 9.01. The maximum absolute atomic E-state index is 9.01. The molecular formula is C10H11N3. The molecule has 1 saturated carbocycles. The Kier molecular flexibility index (Phi) is 2.26. The van der Waals surface area contributed by atoms with Gasteiger partial charge in [-0.05, 0) is 19.3 Å². The topological polar surface area (TPSA) is 71.4 Å². The molecule has 3 nitrogen and oxygen atoms in total. The van der Waals surface area contributed by atoms with E-state index in [1.165, 1.54) is 0 Å². The smallest absolute Gasteiger partial charge is 0.162 e. The lowest BCUT2D eigenvalue weighted by Gasteiger charge is -2.46. The van der Waals surface area contributed by atoms with E-state index in [0.717, 1.165) is 6.42 Å². The molecule has 0 spiro atoms. The average molecular weight is 173 g/mol. The molecule has 1 atom stereocenters. The molecule has 1 rings (SSSR count). The summed E-state index contributed by atoms with van der Waals surface area (Å²) in [5, 5.41) is 26.8. The van der Waals surface area contributed by atoms with Crippen molar-refractivity contribution in [2.45, 2.75) is 32.6 Å². The lowest BCUT2D eigenvalue weighted by atomic mass is 9.49. The minimum Gasteiger partial charge on any atom is -0.198 e. The van der Waals surface area contributed by atoms with E-state index in [4.69, 9.17) is 15.8 Å².